The zero-order valence-electron chi connectivity index (χ0n) is 12.2. The maximum Gasteiger partial charge on any atom is 0.239 e. The maximum absolute atomic E-state index is 12.4. The normalized spacial score (nSPS) is 20.9. The van der Waals surface area contributed by atoms with Gasteiger partial charge in [0, 0.05) is 19.7 Å². The van der Waals surface area contributed by atoms with Crippen LogP contribution in [0.2, 0.25) is 0 Å². The molecule has 1 heterocycles. The Morgan fingerprint density at radius 1 is 1.48 bits per heavy atom. The minimum Gasteiger partial charge on any atom is -0.504 e. The van der Waals surface area contributed by atoms with E-state index in [1.54, 1.807) is 11.0 Å². The molecule has 1 aliphatic heterocycles. The van der Waals surface area contributed by atoms with Gasteiger partial charge >= 0.3 is 0 Å². The number of phenols is 2. The molecule has 0 aromatic heterocycles. The molecule has 0 radical (unpaired) electrons. The standard InChI is InChI=1S/C15H22N2O4/c1-10-9-17(5-2-6-21-10)15(20)12(16)7-11-3-4-13(18)14(19)8-11/h3-4,8,10,12,18-19H,2,5-7,9,16H2,1H3/t10?,12-/m0/s1. The van der Waals surface area contributed by atoms with Crippen molar-refractivity contribution in [3.63, 3.8) is 0 Å². The predicted octanol–water partition coefficient (Wildman–Crippen LogP) is 0.605. The molecule has 6 heteroatoms. The minimum atomic E-state index is -0.667. The van der Waals surface area contributed by atoms with Crippen LogP contribution in [0.3, 0.4) is 0 Å². The van der Waals surface area contributed by atoms with Gasteiger partial charge < -0.3 is 25.6 Å². The first-order valence-corrected chi connectivity index (χ1v) is 7.14. The van der Waals surface area contributed by atoms with Crippen molar-refractivity contribution in [3.8, 4) is 11.5 Å². The number of benzene rings is 1. The first-order valence-electron chi connectivity index (χ1n) is 7.14. The smallest absolute Gasteiger partial charge is 0.239 e. The summed E-state index contributed by atoms with van der Waals surface area (Å²) in [4.78, 5) is 14.1. The van der Waals surface area contributed by atoms with Crippen molar-refractivity contribution < 1.29 is 19.7 Å². The van der Waals surface area contributed by atoms with Gasteiger partial charge in [0.15, 0.2) is 11.5 Å². The lowest BCUT2D eigenvalue weighted by Crippen LogP contribution is -2.46. The Morgan fingerprint density at radius 2 is 2.24 bits per heavy atom. The number of nitrogens with zero attached hydrogens (tertiary/aromatic N) is 1. The van der Waals surface area contributed by atoms with Gasteiger partial charge in [-0.15, -0.1) is 0 Å². The van der Waals surface area contributed by atoms with Gasteiger partial charge in [0.25, 0.3) is 0 Å². The largest absolute Gasteiger partial charge is 0.504 e. The summed E-state index contributed by atoms with van der Waals surface area (Å²) in [6.45, 7) is 3.80. The molecule has 6 nitrogen and oxygen atoms in total. The topological polar surface area (TPSA) is 96.0 Å². The number of carbonyl (C=O) groups excluding carboxylic acids is 1. The SMILES string of the molecule is CC1CN(C(=O)[C@@H](N)Cc2ccc(O)c(O)c2)CCCO1. The van der Waals surface area contributed by atoms with Crippen LogP contribution in [-0.4, -0.2) is 52.9 Å². The van der Waals surface area contributed by atoms with E-state index in [0.717, 1.165) is 6.42 Å². The number of ether oxygens (including phenoxy) is 1. The van der Waals surface area contributed by atoms with E-state index in [1.807, 2.05) is 6.92 Å². The third kappa shape index (κ3) is 4.09. The molecule has 1 unspecified atom stereocenters. The van der Waals surface area contributed by atoms with Crippen LogP contribution in [0.25, 0.3) is 0 Å². The fraction of sp³-hybridized carbons (Fsp3) is 0.533. The second-order valence-corrected chi connectivity index (χ2v) is 5.45. The molecule has 116 valence electrons. The molecule has 0 saturated carbocycles. The number of phenolic OH excluding ortho intramolecular Hbond substituents is 2. The van der Waals surface area contributed by atoms with Crippen molar-refractivity contribution in [2.75, 3.05) is 19.7 Å². The summed E-state index contributed by atoms with van der Waals surface area (Å²) in [6, 6.07) is 3.80. The molecule has 2 rings (SSSR count). The monoisotopic (exact) mass is 294 g/mol. The van der Waals surface area contributed by atoms with E-state index in [1.165, 1.54) is 12.1 Å². The molecule has 0 bridgehead atoms. The minimum absolute atomic E-state index is 0.0152. The number of carbonyl (C=O) groups is 1. The van der Waals surface area contributed by atoms with Crippen LogP contribution in [0.15, 0.2) is 18.2 Å². The van der Waals surface area contributed by atoms with E-state index in [9.17, 15) is 15.0 Å². The van der Waals surface area contributed by atoms with Crippen LogP contribution in [0.4, 0.5) is 0 Å². The molecular weight excluding hydrogens is 272 g/mol. The van der Waals surface area contributed by atoms with Crippen LogP contribution >= 0.6 is 0 Å². The van der Waals surface area contributed by atoms with E-state index in [4.69, 9.17) is 10.5 Å². The van der Waals surface area contributed by atoms with Gasteiger partial charge in [-0.3, -0.25) is 4.79 Å². The summed E-state index contributed by atoms with van der Waals surface area (Å²) in [7, 11) is 0. The summed E-state index contributed by atoms with van der Waals surface area (Å²) < 4.78 is 5.51. The first kappa shape index (κ1) is 15.6. The van der Waals surface area contributed by atoms with Gasteiger partial charge in [0.05, 0.1) is 12.1 Å². The second kappa shape index (κ2) is 6.78. The lowest BCUT2D eigenvalue weighted by molar-refractivity contribution is -0.133. The maximum atomic E-state index is 12.4. The van der Waals surface area contributed by atoms with Crippen LogP contribution in [0.1, 0.15) is 18.9 Å². The van der Waals surface area contributed by atoms with Crippen molar-refractivity contribution in [1.82, 2.24) is 4.90 Å². The Hall–Kier alpha value is -1.79. The van der Waals surface area contributed by atoms with E-state index in [0.29, 0.717) is 31.7 Å². The van der Waals surface area contributed by atoms with E-state index >= 15 is 0 Å². The lowest BCUT2D eigenvalue weighted by Gasteiger charge is -2.25. The average molecular weight is 294 g/mol. The average Bonchev–Trinajstić information content (AvgIpc) is 2.66. The van der Waals surface area contributed by atoms with Crippen LogP contribution < -0.4 is 5.73 Å². The van der Waals surface area contributed by atoms with Crippen molar-refractivity contribution in [1.29, 1.82) is 0 Å². The third-order valence-electron chi connectivity index (χ3n) is 3.58. The summed E-state index contributed by atoms with van der Waals surface area (Å²) in [6.07, 6.45) is 1.14. The van der Waals surface area contributed by atoms with Gasteiger partial charge in [-0.25, -0.2) is 0 Å². The highest BCUT2D eigenvalue weighted by Crippen LogP contribution is 2.25. The number of aromatic hydroxyl groups is 2. The molecular formula is C15H22N2O4. The van der Waals surface area contributed by atoms with E-state index in [2.05, 4.69) is 0 Å². The van der Waals surface area contributed by atoms with Crippen molar-refractivity contribution in [2.24, 2.45) is 5.73 Å². The van der Waals surface area contributed by atoms with Crippen molar-refractivity contribution in [3.05, 3.63) is 23.8 Å². The second-order valence-electron chi connectivity index (χ2n) is 5.45. The lowest BCUT2D eigenvalue weighted by atomic mass is 10.0. The summed E-state index contributed by atoms with van der Waals surface area (Å²) >= 11 is 0. The molecule has 1 aromatic rings. The van der Waals surface area contributed by atoms with Gasteiger partial charge in [-0.1, -0.05) is 6.07 Å². The molecule has 1 amide bonds. The molecule has 1 saturated heterocycles. The zero-order chi connectivity index (χ0) is 15.4. The summed E-state index contributed by atoms with van der Waals surface area (Å²) in [5.74, 6) is -0.499. The molecule has 2 atom stereocenters. The highest BCUT2D eigenvalue weighted by atomic mass is 16.5. The molecule has 0 spiro atoms. The van der Waals surface area contributed by atoms with Gasteiger partial charge in [-0.05, 0) is 37.5 Å². The van der Waals surface area contributed by atoms with Gasteiger partial charge in [-0.2, -0.15) is 0 Å². The number of hydrogen-bond acceptors (Lipinski definition) is 5. The summed E-state index contributed by atoms with van der Waals surface area (Å²) in [5.41, 5.74) is 6.70. The Morgan fingerprint density at radius 3 is 2.95 bits per heavy atom. The Balaban J connectivity index is 1.99. The fourth-order valence-corrected chi connectivity index (χ4v) is 2.47. The fourth-order valence-electron chi connectivity index (χ4n) is 2.47. The predicted molar refractivity (Wildman–Crippen MR) is 78.1 cm³/mol. The van der Waals surface area contributed by atoms with Crippen molar-refractivity contribution >= 4 is 5.91 Å². The number of nitrogens with two attached hydrogens (primary N) is 1. The van der Waals surface area contributed by atoms with E-state index < -0.39 is 6.04 Å². The molecule has 1 aromatic carbocycles. The first-order chi connectivity index (χ1) is 9.97. The van der Waals surface area contributed by atoms with Crippen LogP contribution in [0.5, 0.6) is 11.5 Å². The molecule has 1 aliphatic rings. The number of hydrogen-bond donors (Lipinski definition) is 3. The van der Waals surface area contributed by atoms with Crippen LogP contribution in [0, 0.1) is 0 Å². The Labute approximate surface area is 124 Å². The third-order valence-corrected chi connectivity index (χ3v) is 3.58. The number of rotatable bonds is 3. The molecule has 0 aliphatic carbocycles. The molecule has 4 N–H and O–H groups in total. The Bertz CT molecular complexity index is 506. The Kier molecular flexibility index (Phi) is 5.03. The molecule has 1 fully saturated rings. The quantitative estimate of drug-likeness (QED) is 0.710. The zero-order valence-corrected chi connectivity index (χ0v) is 12.2. The number of amides is 1. The summed E-state index contributed by atoms with van der Waals surface area (Å²) in [5, 5.41) is 18.8. The highest BCUT2D eigenvalue weighted by Gasteiger charge is 2.24. The highest BCUT2D eigenvalue weighted by molar-refractivity contribution is 5.82. The van der Waals surface area contributed by atoms with Crippen LogP contribution in [-0.2, 0) is 16.0 Å². The van der Waals surface area contributed by atoms with E-state index in [-0.39, 0.29) is 23.5 Å². The van der Waals surface area contributed by atoms with Gasteiger partial charge in [0.2, 0.25) is 5.91 Å². The molecule has 21 heavy (non-hydrogen) atoms. The van der Waals surface area contributed by atoms with Crippen molar-refractivity contribution in [2.45, 2.75) is 31.9 Å². The van der Waals surface area contributed by atoms with Gasteiger partial charge in [0.1, 0.15) is 0 Å².